The Kier molecular flexibility index (Phi) is 7.76. The van der Waals surface area contributed by atoms with E-state index in [0.717, 1.165) is 47.8 Å². The van der Waals surface area contributed by atoms with E-state index in [1.54, 1.807) is 4.31 Å². The maximum atomic E-state index is 12.5. The summed E-state index contributed by atoms with van der Waals surface area (Å²) in [6, 6.07) is 8.05. The van der Waals surface area contributed by atoms with Crippen LogP contribution < -0.4 is 0 Å². The lowest BCUT2D eigenvalue weighted by Gasteiger charge is -2.25. The number of sulfonamides is 1. The molecular formula is C21H32N2O2S. The predicted molar refractivity (Wildman–Crippen MR) is 111 cm³/mol. The topological polar surface area (TPSA) is 53.2 Å². The molecule has 0 spiro atoms. The summed E-state index contributed by atoms with van der Waals surface area (Å²) in [6.07, 6.45) is 12.8. The number of nitrogens with one attached hydrogen (secondary N) is 1. The van der Waals surface area contributed by atoms with E-state index in [1.165, 1.54) is 25.5 Å². The number of aromatic amines is 1. The normalized spacial score (nSPS) is 12.7. The third-order valence-electron chi connectivity index (χ3n) is 4.64. The number of para-hydroxylation sites is 1. The zero-order valence-electron chi connectivity index (χ0n) is 16.3. The SMILES string of the molecule is CCCCCC/C=C(/c1c[nH]c2ccccc12)N(CCCC)S(C)(=O)=O. The first kappa shape index (κ1) is 20.6. The van der Waals surface area contributed by atoms with E-state index in [4.69, 9.17) is 0 Å². The van der Waals surface area contributed by atoms with E-state index in [0.29, 0.717) is 6.54 Å². The number of hydrogen-bond donors (Lipinski definition) is 1. The van der Waals surface area contributed by atoms with E-state index >= 15 is 0 Å². The Bertz CT molecular complexity index is 821. The molecule has 0 amide bonds. The smallest absolute Gasteiger partial charge is 0.232 e. The van der Waals surface area contributed by atoms with Gasteiger partial charge in [-0.2, -0.15) is 0 Å². The molecule has 0 unspecified atom stereocenters. The summed E-state index contributed by atoms with van der Waals surface area (Å²) in [5.74, 6) is 0. The summed E-state index contributed by atoms with van der Waals surface area (Å²) >= 11 is 0. The van der Waals surface area contributed by atoms with Gasteiger partial charge in [-0.3, -0.25) is 4.31 Å². The fourth-order valence-electron chi connectivity index (χ4n) is 3.21. The molecule has 0 radical (unpaired) electrons. The Morgan fingerprint density at radius 1 is 1.08 bits per heavy atom. The van der Waals surface area contributed by atoms with E-state index in [-0.39, 0.29) is 0 Å². The molecule has 0 bridgehead atoms. The lowest BCUT2D eigenvalue weighted by atomic mass is 10.1. The summed E-state index contributed by atoms with van der Waals surface area (Å²) in [5.41, 5.74) is 2.82. The number of fused-ring (bicyclic) bond motifs is 1. The van der Waals surface area contributed by atoms with Crippen molar-refractivity contribution >= 4 is 26.6 Å². The summed E-state index contributed by atoms with van der Waals surface area (Å²) in [7, 11) is -3.33. The highest BCUT2D eigenvalue weighted by atomic mass is 32.2. The third-order valence-corrected chi connectivity index (χ3v) is 5.82. The molecule has 0 aliphatic rings. The van der Waals surface area contributed by atoms with Gasteiger partial charge >= 0.3 is 0 Å². The van der Waals surface area contributed by atoms with Crippen molar-refractivity contribution in [3.63, 3.8) is 0 Å². The number of nitrogens with zero attached hydrogens (tertiary/aromatic N) is 1. The predicted octanol–water partition coefficient (Wildman–Crippen LogP) is 5.54. The van der Waals surface area contributed by atoms with Crippen LogP contribution >= 0.6 is 0 Å². The molecule has 5 heteroatoms. The molecule has 1 N–H and O–H groups in total. The Hall–Kier alpha value is -1.75. The number of allylic oxidation sites excluding steroid dienone is 1. The number of benzene rings is 1. The first-order chi connectivity index (χ1) is 12.5. The van der Waals surface area contributed by atoms with Crippen molar-refractivity contribution in [1.29, 1.82) is 0 Å². The highest BCUT2D eigenvalue weighted by molar-refractivity contribution is 7.88. The van der Waals surface area contributed by atoms with Crippen molar-refractivity contribution in [3.8, 4) is 0 Å². The van der Waals surface area contributed by atoms with Crippen LogP contribution in [0.1, 0.15) is 64.4 Å². The first-order valence-electron chi connectivity index (χ1n) is 9.73. The molecule has 0 atom stereocenters. The minimum atomic E-state index is -3.33. The van der Waals surface area contributed by atoms with Crippen LogP contribution in [-0.4, -0.2) is 30.5 Å². The van der Waals surface area contributed by atoms with Crippen molar-refractivity contribution in [2.45, 2.75) is 58.8 Å². The van der Waals surface area contributed by atoms with Crippen LogP contribution in [0.5, 0.6) is 0 Å². The maximum Gasteiger partial charge on any atom is 0.232 e. The van der Waals surface area contributed by atoms with Gasteiger partial charge in [0.15, 0.2) is 0 Å². The Balaban J connectivity index is 2.41. The molecule has 2 rings (SSSR count). The first-order valence-corrected chi connectivity index (χ1v) is 11.6. The Morgan fingerprint density at radius 2 is 1.81 bits per heavy atom. The van der Waals surface area contributed by atoms with Gasteiger partial charge < -0.3 is 4.98 Å². The average molecular weight is 377 g/mol. The molecule has 1 aromatic heterocycles. The molecule has 26 heavy (non-hydrogen) atoms. The zero-order valence-corrected chi connectivity index (χ0v) is 17.1. The van der Waals surface area contributed by atoms with Crippen molar-refractivity contribution in [2.24, 2.45) is 0 Å². The number of rotatable bonds is 11. The van der Waals surface area contributed by atoms with Crippen molar-refractivity contribution in [2.75, 3.05) is 12.8 Å². The van der Waals surface area contributed by atoms with Gasteiger partial charge in [-0.1, -0.05) is 63.8 Å². The Morgan fingerprint density at radius 3 is 2.50 bits per heavy atom. The van der Waals surface area contributed by atoms with E-state index in [9.17, 15) is 8.42 Å². The standard InChI is InChI=1S/C21H32N2O2S/c1-4-6-8-9-10-15-21(23(16-7-5-2)26(3,24)25)19-17-22-20-14-12-11-13-18(19)20/h11-15,17,22H,4-10,16H2,1-3H3/b21-15-. The summed E-state index contributed by atoms with van der Waals surface area (Å²) < 4.78 is 26.6. The van der Waals surface area contributed by atoms with Gasteiger partial charge in [-0.05, 0) is 25.3 Å². The Labute approximate surface area is 158 Å². The quantitative estimate of drug-likeness (QED) is 0.523. The monoisotopic (exact) mass is 376 g/mol. The molecule has 1 heterocycles. The highest BCUT2D eigenvalue weighted by Crippen LogP contribution is 2.30. The summed E-state index contributed by atoms with van der Waals surface area (Å²) in [6.45, 7) is 4.80. The molecule has 0 aliphatic carbocycles. The average Bonchev–Trinajstić information content (AvgIpc) is 3.03. The zero-order chi connectivity index (χ0) is 19.0. The molecule has 1 aromatic carbocycles. The van der Waals surface area contributed by atoms with Crippen LogP contribution in [0.25, 0.3) is 16.6 Å². The lowest BCUT2D eigenvalue weighted by molar-refractivity contribution is 0.503. The van der Waals surface area contributed by atoms with Crippen molar-refractivity contribution in [3.05, 3.63) is 42.1 Å². The minimum absolute atomic E-state index is 0.523. The largest absolute Gasteiger partial charge is 0.360 e. The van der Waals surface area contributed by atoms with Crippen LogP contribution in [0.2, 0.25) is 0 Å². The highest BCUT2D eigenvalue weighted by Gasteiger charge is 2.22. The molecular weight excluding hydrogens is 344 g/mol. The third kappa shape index (κ3) is 5.37. The lowest BCUT2D eigenvalue weighted by Crippen LogP contribution is -2.29. The van der Waals surface area contributed by atoms with Gasteiger partial charge in [0.2, 0.25) is 10.0 Å². The van der Waals surface area contributed by atoms with Crippen LogP contribution in [0.15, 0.2) is 36.5 Å². The number of hydrogen-bond acceptors (Lipinski definition) is 2. The fourth-order valence-corrected chi connectivity index (χ4v) is 4.20. The minimum Gasteiger partial charge on any atom is -0.360 e. The van der Waals surface area contributed by atoms with Gasteiger partial charge in [0.1, 0.15) is 0 Å². The fraction of sp³-hybridized carbons (Fsp3) is 0.524. The van der Waals surface area contributed by atoms with Crippen LogP contribution in [0.3, 0.4) is 0 Å². The van der Waals surface area contributed by atoms with Crippen molar-refractivity contribution in [1.82, 2.24) is 9.29 Å². The van der Waals surface area contributed by atoms with Crippen LogP contribution in [-0.2, 0) is 10.0 Å². The molecule has 0 aliphatic heterocycles. The van der Waals surface area contributed by atoms with E-state index in [1.807, 2.05) is 30.5 Å². The van der Waals surface area contributed by atoms with Gasteiger partial charge in [0, 0.05) is 29.2 Å². The van der Waals surface area contributed by atoms with Crippen LogP contribution in [0, 0.1) is 0 Å². The number of aromatic nitrogens is 1. The molecule has 4 nitrogen and oxygen atoms in total. The second-order valence-electron chi connectivity index (χ2n) is 6.88. The van der Waals surface area contributed by atoms with Gasteiger partial charge in [0.05, 0.1) is 12.0 Å². The second kappa shape index (κ2) is 9.81. The van der Waals surface area contributed by atoms with Gasteiger partial charge in [-0.15, -0.1) is 0 Å². The van der Waals surface area contributed by atoms with Gasteiger partial charge in [0.25, 0.3) is 0 Å². The maximum absolute atomic E-state index is 12.5. The van der Waals surface area contributed by atoms with E-state index in [2.05, 4.69) is 24.9 Å². The van der Waals surface area contributed by atoms with E-state index < -0.39 is 10.0 Å². The molecule has 0 fully saturated rings. The van der Waals surface area contributed by atoms with Crippen molar-refractivity contribution < 1.29 is 8.42 Å². The number of H-pyrrole nitrogens is 1. The molecule has 2 aromatic rings. The second-order valence-corrected chi connectivity index (χ2v) is 8.78. The molecule has 0 saturated heterocycles. The van der Waals surface area contributed by atoms with Gasteiger partial charge in [-0.25, -0.2) is 8.42 Å². The number of unbranched alkanes of at least 4 members (excludes halogenated alkanes) is 5. The molecule has 144 valence electrons. The molecule has 0 saturated carbocycles. The van der Waals surface area contributed by atoms with Crippen LogP contribution in [0.4, 0.5) is 0 Å². The summed E-state index contributed by atoms with van der Waals surface area (Å²) in [5, 5.41) is 1.07. The summed E-state index contributed by atoms with van der Waals surface area (Å²) in [4.78, 5) is 3.28.